The van der Waals surface area contributed by atoms with Gasteiger partial charge in [-0.15, -0.1) is 0 Å². The third kappa shape index (κ3) is 2.15. The molecule has 0 aromatic carbocycles. The van der Waals surface area contributed by atoms with Gasteiger partial charge in [-0.25, -0.2) is 0 Å². The van der Waals surface area contributed by atoms with Gasteiger partial charge in [-0.2, -0.15) is 13.2 Å². The number of rotatable bonds is 0. The molecule has 0 radical (unpaired) electrons. The molecule has 13 heavy (non-hydrogen) atoms. The molecular formula is C8H7BrF3N. The van der Waals surface area contributed by atoms with Crippen molar-refractivity contribution in [2.45, 2.75) is 6.18 Å². The highest BCUT2D eigenvalue weighted by atomic mass is 79.9. The Hall–Kier alpha value is -0.710. The van der Waals surface area contributed by atoms with Crippen molar-refractivity contribution in [1.29, 1.82) is 0 Å². The maximum Gasteiger partial charge on any atom is 0.418 e. The number of halogens is 4. The van der Waals surface area contributed by atoms with E-state index in [9.17, 15) is 13.2 Å². The van der Waals surface area contributed by atoms with E-state index >= 15 is 0 Å². The maximum atomic E-state index is 12.3. The zero-order valence-corrected chi connectivity index (χ0v) is 8.41. The quantitative estimate of drug-likeness (QED) is 0.641. The summed E-state index contributed by atoms with van der Waals surface area (Å²) in [7, 11) is 1.53. The summed E-state index contributed by atoms with van der Waals surface area (Å²) in [5.74, 6) is 0. The van der Waals surface area contributed by atoms with Gasteiger partial charge in [0.15, 0.2) is 0 Å². The highest BCUT2D eigenvalue weighted by Gasteiger charge is 2.37. The van der Waals surface area contributed by atoms with Gasteiger partial charge >= 0.3 is 6.18 Å². The van der Waals surface area contributed by atoms with Crippen LogP contribution in [0.1, 0.15) is 0 Å². The van der Waals surface area contributed by atoms with Crippen LogP contribution in [0.2, 0.25) is 0 Å². The molecule has 0 bridgehead atoms. The standard InChI is InChI=1S/C8H7BrF3N/c1-5-6(8(10,11)12)3-13(2)4-7(5)9/h3-4H,1H2,2H3. The van der Waals surface area contributed by atoms with Gasteiger partial charge in [-0.1, -0.05) is 6.58 Å². The molecule has 0 fully saturated rings. The van der Waals surface area contributed by atoms with Crippen LogP contribution in [0, 0.1) is 0 Å². The van der Waals surface area contributed by atoms with E-state index in [1.54, 1.807) is 0 Å². The van der Waals surface area contributed by atoms with Gasteiger partial charge in [-0.3, -0.25) is 0 Å². The average Bonchev–Trinajstić information content (AvgIpc) is 1.94. The third-order valence-corrected chi connectivity index (χ3v) is 2.25. The van der Waals surface area contributed by atoms with Crippen LogP contribution in [-0.2, 0) is 0 Å². The van der Waals surface area contributed by atoms with E-state index < -0.39 is 11.7 Å². The Morgan fingerprint density at radius 1 is 1.38 bits per heavy atom. The summed E-state index contributed by atoms with van der Waals surface area (Å²) < 4.78 is 37.4. The lowest BCUT2D eigenvalue weighted by Crippen LogP contribution is -2.20. The van der Waals surface area contributed by atoms with Crippen LogP contribution in [0.25, 0.3) is 0 Å². The minimum absolute atomic E-state index is 0.0365. The van der Waals surface area contributed by atoms with Crippen molar-refractivity contribution < 1.29 is 13.2 Å². The summed E-state index contributed by atoms with van der Waals surface area (Å²) in [5, 5.41) is 0. The van der Waals surface area contributed by atoms with E-state index in [1.165, 1.54) is 18.1 Å². The Morgan fingerprint density at radius 3 is 2.38 bits per heavy atom. The van der Waals surface area contributed by atoms with Crippen molar-refractivity contribution in [3.63, 3.8) is 0 Å². The molecule has 1 nitrogen and oxygen atoms in total. The van der Waals surface area contributed by atoms with Gasteiger partial charge in [0.2, 0.25) is 0 Å². The molecule has 1 aliphatic heterocycles. The molecule has 0 aromatic heterocycles. The number of hydrogen-bond donors (Lipinski definition) is 0. The van der Waals surface area contributed by atoms with Crippen molar-refractivity contribution in [3.8, 4) is 0 Å². The molecule has 5 heteroatoms. The van der Waals surface area contributed by atoms with Crippen LogP contribution < -0.4 is 0 Å². The maximum absolute atomic E-state index is 12.3. The van der Waals surface area contributed by atoms with Crippen molar-refractivity contribution in [1.82, 2.24) is 4.90 Å². The average molecular weight is 254 g/mol. The van der Waals surface area contributed by atoms with Crippen LogP contribution in [0.3, 0.4) is 0 Å². The molecule has 0 atom stereocenters. The zero-order valence-electron chi connectivity index (χ0n) is 6.82. The fourth-order valence-electron chi connectivity index (χ4n) is 0.948. The largest absolute Gasteiger partial charge is 0.418 e. The molecule has 0 spiro atoms. The lowest BCUT2D eigenvalue weighted by atomic mass is 10.1. The van der Waals surface area contributed by atoms with Gasteiger partial charge < -0.3 is 4.90 Å². The van der Waals surface area contributed by atoms with E-state index in [-0.39, 0.29) is 5.57 Å². The molecule has 1 aliphatic rings. The molecule has 0 amide bonds. The van der Waals surface area contributed by atoms with E-state index in [0.29, 0.717) is 4.48 Å². The highest BCUT2D eigenvalue weighted by Crippen LogP contribution is 2.38. The molecule has 0 aromatic rings. The molecule has 1 heterocycles. The first-order valence-corrected chi connectivity index (χ1v) is 4.19. The number of hydrogen-bond acceptors (Lipinski definition) is 1. The summed E-state index contributed by atoms with van der Waals surface area (Å²) in [6.45, 7) is 3.35. The predicted octanol–water partition coefficient (Wildman–Crippen LogP) is 3.17. The fourth-order valence-corrected chi connectivity index (χ4v) is 1.49. The number of allylic oxidation sites excluding steroid dienone is 3. The second-order valence-corrected chi connectivity index (χ2v) is 3.52. The summed E-state index contributed by atoms with van der Waals surface area (Å²) in [4.78, 5) is 1.33. The van der Waals surface area contributed by atoms with Crippen LogP contribution in [0.4, 0.5) is 13.2 Å². The first-order chi connectivity index (χ1) is 5.82. The van der Waals surface area contributed by atoms with E-state index in [4.69, 9.17) is 0 Å². The Bertz CT molecular complexity index is 301. The van der Waals surface area contributed by atoms with Crippen LogP contribution in [0.5, 0.6) is 0 Å². The van der Waals surface area contributed by atoms with Gasteiger partial charge in [0.05, 0.1) is 5.57 Å². The molecule has 1 rings (SSSR count). The summed E-state index contributed by atoms with van der Waals surface area (Å²) in [6.07, 6.45) is -1.82. The Balaban J connectivity index is 3.06. The topological polar surface area (TPSA) is 3.24 Å². The zero-order chi connectivity index (χ0) is 10.2. The summed E-state index contributed by atoms with van der Waals surface area (Å²) in [5.41, 5.74) is -0.755. The normalized spacial score (nSPS) is 18.5. The molecule has 72 valence electrons. The SMILES string of the molecule is C=C1C(Br)=CN(C)C=C1C(F)(F)F. The third-order valence-electron chi connectivity index (χ3n) is 1.57. The first-order valence-electron chi connectivity index (χ1n) is 3.40. The summed E-state index contributed by atoms with van der Waals surface area (Å²) in [6, 6.07) is 0. The van der Waals surface area contributed by atoms with Gasteiger partial charge in [-0.05, 0) is 21.5 Å². The Labute approximate surface area is 82.3 Å². The van der Waals surface area contributed by atoms with Crippen LogP contribution in [0.15, 0.2) is 34.6 Å². The smallest absolute Gasteiger partial charge is 0.355 e. The molecule has 0 saturated heterocycles. The first kappa shape index (κ1) is 10.4. The molecular weight excluding hydrogens is 247 g/mol. The Morgan fingerprint density at radius 2 is 1.92 bits per heavy atom. The lowest BCUT2D eigenvalue weighted by molar-refractivity contribution is -0.0900. The predicted molar refractivity (Wildman–Crippen MR) is 48.1 cm³/mol. The second-order valence-electron chi connectivity index (χ2n) is 2.66. The molecule has 0 saturated carbocycles. The van der Waals surface area contributed by atoms with Crippen molar-refractivity contribution >= 4 is 15.9 Å². The monoisotopic (exact) mass is 253 g/mol. The van der Waals surface area contributed by atoms with Crippen LogP contribution in [-0.4, -0.2) is 18.1 Å². The minimum Gasteiger partial charge on any atom is -0.355 e. The van der Waals surface area contributed by atoms with Crippen molar-refractivity contribution in [2.24, 2.45) is 0 Å². The second kappa shape index (κ2) is 3.21. The van der Waals surface area contributed by atoms with Crippen molar-refractivity contribution in [3.05, 3.63) is 34.6 Å². The van der Waals surface area contributed by atoms with Crippen molar-refractivity contribution in [2.75, 3.05) is 7.05 Å². The highest BCUT2D eigenvalue weighted by molar-refractivity contribution is 9.12. The van der Waals surface area contributed by atoms with E-state index in [2.05, 4.69) is 22.5 Å². The lowest BCUT2D eigenvalue weighted by Gasteiger charge is -2.22. The molecule has 0 unspecified atom stereocenters. The number of nitrogens with zero attached hydrogens (tertiary/aromatic N) is 1. The van der Waals surface area contributed by atoms with E-state index in [1.807, 2.05) is 0 Å². The van der Waals surface area contributed by atoms with E-state index in [0.717, 1.165) is 6.20 Å². The summed E-state index contributed by atoms with van der Waals surface area (Å²) >= 11 is 3.01. The molecule has 0 aliphatic carbocycles. The van der Waals surface area contributed by atoms with Gasteiger partial charge in [0, 0.05) is 23.9 Å². The molecule has 0 N–H and O–H groups in total. The van der Waals surface area contributed by atoms with Gasteiger partial charge in [0.25, 0.3) is 0 Å². The fraction of sp³-hybridized carbons (Fsp3) is 0.250. The number of alkyl halides is 3. The van der Waals surface area contributed by atoms with Crippen LogP contribution >= 0.6 is 15.9 Å². The Kier molecular flexibility index (Phi) is 2.56. The van der Waals surface area contributed by atoms with Gasteiger partial charge in [0.1, 0.15) is 0 Å². The minimum atomic E-state index is -4.35.